The Labute approximate surface area is 78.7 Å². The minimum Gasteiger partial charge on any atom is -0.267 e. The van der Waals surface area contributed by atoms with Gasteiger partial charge in [-0.05, 0) is 6.07 Å². The summed E-state index contributed by atoms with van der Waals surface area (Å²) in [6.45, 7) is 0. The van der Waals surface area contributed by atoms with E-state index in [2.05, 4.69) is 4.98 Å². The zero-order valence-corrected chi connectivity index (χ0v) is 7.49. The van der Waals surface area contributed by atoms with Crippen LogP contribution in [0.4, 0.5) is 0 Å². The first kappa shape index (κ1) is 8.91. The Kier molecular flexibility index (Phi) is 2.47. The van der Waals surface area contributed by atoms with E-state index in [-0.39, 0.29) is 0 Å². The smallest absolute Gasteiger partial charge is 0.267 e. The van der Waals surface area contributed by atoms with Crippen molar-refractivity contribution in [3.63, 3.8) is 0 Å². The highest BCUT2D eigenvalue weighted by Gasteiger charge is 2.23. The third kappa shape index (κ3) is 2.40. The number of halogens is 3. The van der Waals surface area contributed by atoms with Crippen LogP contribution in [-0.2, 0) is 8.90 Å². The van der Waals surface area contributed by atoms with Crippen molar-refractivity contribution >= 4 is 34.8 Å². The molecule has 0 saturated carbocycles. The first-order chi connectivity index (χ1) is 5.00. The Morgan fingerprint density at radius 3 is 2.36 bits per heavy atom. The fourth-order valence-corrected chi connectivity index (χ4v) is 0.938. The van der Waals surface area contributed by atoms with Gasteiger partial charge in [-0.1, -0.05) is 34.8 Å². The molecule has 0 aliphatic rings. The van der Waals surface area contributed by atoms with Crippen LogP contribution in [0.1, 0.15) is 5.56 Å². The number of rotatable bonds is 0. The van der Waals surface area contributed by atoms with Crippen molar-refractivity contribution in [2.24, 2.45) is 0 Å². The van der Waals surface area contributed by atoms with E-state index in [0.717, 1.165) is 0 Å². The second-order valence-electron chi connectivity index (χ2n) is 1.88. The summed E-state index contributed by atoms with van der Waals surface area (Å²) in [5, 5.41) is 10.6. The number of aromatic nitrogens is 1. The van der Waals surface area contributed by atoms with E-state index in [1.54, 1.807) is 0 Å². The summed E-state index contributed by atoms with van der Waals surface area (Å²) in [7, 11) is 0. The maximum Gasteiger partial charge on any atom is 0.270 e. The molecule has 0 unspecified atom stereocenters. The average molecular weight is 211 g/mol. The number of nitrogens with zero attached hydrogens (tertiary/aromatic N) is 1. The maximum atomic E-state index is 10.6. The summed E-state index contributed by atoms with van der Waals surface area (Å²) in [6, 6.07) is 2.67. The molecule has 2 nitrogen and oxygen atoms in total. The average Bonchev–Trinajstić information content (AvgIpc) is 1.86. The lowest BCUT2D eigenvalue weighted by molar-refractivity contribution is 0.337. The SMILES string of the molecule is [O]c1cc(C(Cl)(Cl)Cl)ccn1. The molecule has 0 bridgehead atoms. The van der Waals surface area contributed by atoms with Gasteiger partial charge in [-0.3, -0.25) is 5.11 Å². The Balaban J connectivity index is 3.06. The summed E-state index contributed by atoms with van der Waals surface area (Å²) >= 11 is 16.5. The van der Waals surface area contributed by atoms with Crippen LogP contribution >= 0.6 is 34.8 Å². The lowest BCUT2D eigenvalue weighted by atomic mass is 10.3. The van der Waals surface area contributed by atoms with Gasteiger partial charge in [-0.15, -0.1) is 0 Å². The molecule has 0 aromatic carbocycles. The van der Waals surface area contributed by atoms with E-state index in [4.69, 9.17) is 34.8 Å². The van der Waals surface area contributed by atoms with Gasteiger partial charge < -0.3 is 0 Å². The van der Waals surface area contributed by atoms with Crippen molar-refractivity contribution in [1.29, 1.82) is 0 Å². The molecule has 1 rings (SSSR count). The highest BCUT2D eigenvalue weighted by Crippen LogP contribution is 2.38. The monoisotopic (exact) mass is 210 g/mol. The van der Waals surface area contributed by atoms with E-state index in [9.17, 15) is 5.11 Å². The van der Waals surface area contributed by atoms with Crippen molar-refractivity contribution in [2.75, 3.05) is 0 Å². The third-order valence-electron chi connectivity index (χ3n) is 1.06. The van der Waals surface area contributed by atoms with Gasteiger partial charge in [-0.2, -0.15) is 0 Å². The summed E-state index contributed by atoms with van der Waals surface area (Å²) in [4.78, 5) is 3.42. The third-order valence-corrected chi connectivity index (χ3v) is 1.72. The summed E-state index contributed by atoms with van der Waals surface area (Å²) in [5.74, 6) is -0.408. The van der Waals surface area contributed by atoms with E-state index in [1.807, 2.05) is 0 Å². The van der Waals surface area contributed by atoms with Gasteiger partial charge >= 0.3 is 0 Å². The summed E-state index contributed by atoms with van der Waals surface area (Å²) < 4.78 is -1.54. The molecule has 0 aliphatic carbocycles. The van der Waals surface area contributed by atoms with Crippen molar-refractivity contribution in [2.45, 2.75) is 3.79 Å². The predicted octanol–water partition coefficient (Wildman–Crippen LogP) is 3.05. The topological polar surface area (TPSA) is 32.8 Å². The van der Waals surface area contributed by atoms with Crippen LogP contribution in [0.25, 0.3) is 0 Å². The van der Waals surface area contributed by atoms with Crippen LogP contribution in [0.2, 0.25) is 0 Å². The molecule has 5 heteroatoms. The van der Waals surface area contributed by atoms with E-state index in [0.29, 0.717) is 5.56 Å². The zero-order chi connectivity index (χ0) is 8.48. The van der Waals surface area contributed by atoms with Crippen LogP contribution in [0.15, 0.2) is 18.3 Å². The molecule has 1 radical (unpaired) electrons. The Hall–Kier alpha value is -0.180. The number of hydrogen-bond acceptors (Lipinski definition) is 1. The molecule has 0 fully saturated rings. The molecule has 0 N–H and O–H groups in total. The number of hydrogen-bond donors (Lipinski definition) is 0. The minimum atomic E-state index is -1.54. The van der Waals surface area contributed by atoms with Crippen LogP contribution in [0.5, 0.6) is 5.88 Å². The van der Waals surface area contributed by atoms with E-state index in [1.165, 1.54) is 18.3 Å². The molecule has 0 atom stereocenters. The molecule has 0 aliphatic heterocycles. The fraction of sp³-hybridized carbons (Fsp3) is 0.167. The Morgan fingerprint density at radius 1 is 1.36 bits per heavy atom. The van der Waals surface area contributed by atoms with Crippen LogP contribution in [-0.4, -0.2) is 4.98 Å². The molecule has 1 heterocycles. The Bertz CT molecular complexity index is 258. The normalized spacial score (nSPS) is 11.5. The summed E-state index contributed by atoms with van der Waals surface area (Å²) in [5.41, 5.74) is 0.336. The highest BCUT2D eigenvalue weighted by molar-refractivity contribution is 6.66. The van der Waals surface area contributed by atoms with Crippen LogP contribution in [0.3, 0.4) is 0 Å². The molecule has 0 saturated heterocycles. The van der Waals surface area contributed by atoms with Gasteiger partial charge in [0.1, 0.15) is 0 Å². The van der Waals surface area contributed by atoms with Gasteiger partial charge in [0.2, 0.25) is 3.79 Å². The second-order valence-corrected chi connectivity index (χ2v) is 4.16. The molecular formula is C6H3Cl3NO. The van der Waals surface area contributed by atoms with Crippen molar-refractivity contribution in [3.8, 4) is 5.88 Å². The van der Waals surface area contributed by atoms with Gasteiger partial charge in [0.25, 0.3) is 5.88 Å². The molecular weight excluding hydrogens is 208 g/mol. The highest BCUT2D eigenvalue weighted by atomic mass is 35.6. The molecule has 1 aromatic rings. The molecule has 0 spiro atoms. The first-order valence-corrected chi connectivity index (χ1v) is 3.84. The van der Waals surface area contributed by atoms with E-state index < -0.39 is 9.67 Å². The largest absolute Gasteiger partial charge is 0.270 e. The lowest BCUT2D eigenvalue weighted by Gasteiger charge is -2.09. The van der Waals surface area contributed by atoms with Gasteiger partial charge in [-0.25, -0.2) is 4.98 Å². The van der Waals surface area contributed by atoms with Gasteiger partial charge in [0.05, 0.1) is 0 Å². The quantitative estimate of drug-likeness (QED) is 0.607. The Morgan fingerprint density at radius 2 is 2.00 bits per heavy atom. The number of alkyl halides is 3. The summed E-state index contributed by atoms with van der Waals surface area (Å²) in [6.07, 6.45) is 1.31. The van der Waals surface area contributed by atoms with Crippen molar-refractivity contribution in [3.05, 3.63) is 23.9 Å². The molecule has 11 heavy (non-hydrogen) atoms. The minimum absolute atomic E-state index is 0.336. The van der Waals surface area contributed by atoms with Gasteiger partial charge in [0.15, 0.2) is 0 Å². The maximum absolute atomic E-state index is 10.6. The second kappa shape index (κ2) is 3.05. The molecule has 1 aromatic heterocycles. The zero-order valence-electron chi connectivity index (χ0n) is 5.22. The predicted molar refractivity (Wildman–Crippen MR) is 43.6 cm³/mol. The standard InChI is InChI=1S/C6H3Cl3NO/c7-6(8,9)4-1-2-10-5(11)3-4/h1-3H. The van der Waals surface area contributed by atoms with Gasteiger partial charge in [0, 0.05) is 17.8 Å². The number of pyridine rings is 1. The van der Waals surface area contributed by atoms with Crippen molar-refractivity contribution < 1.29 is 5.11 Å². The van der Waals surface area contributed by atoms with Crippen LogP contribution < -0.4 is 0 Å². The van der Waals surface area contributed by atoms with E-state index >= 15 is 0 Å². The molecule has 0 amide bonds. The van der Waals surface area contributed by atoms with Crippen LogP contribution in [0, 0.1) is 0 Å². The fourth-order valence-electron chi connectivity index (χ4n) is 0.586. The first-order valence-electron chi connectivity index (χ1n) is 2.70. The molecule has 59 valence electrons. The lowest BCUT2D eigenvalue weighted by Crippen LogP contribution is -1.99. The van der Waals surface area contributed by atoms with Crippen molar-refractivity contribution in [1.82, 2.24) is 4.98 Å².